The van der Waals surface area contributed by atoms with E-state index in [1.165, 1.54) is 0 Å². The monoisotopic (exact) mass is 633 g/mol. The van der Waals surface area contributed by atoms with Crippen LogP contribution in [0.25, 0.3) is 32.8 Å². The second-order valence-electron chi connectivity index (χ2n) is 14.5. The average molecular weight is 634 g/mol. The molecule has 10 heteroatoms. The number of piperazine rings is 1. The number of morpholine rings is 1. The molecule has 4 bridgehead atoms. The third-order valence-electron chi connectivity index (χ3n) is 11.5. The molecule has 6 aliphatic rings. The first-order valence-electron chi connectivity index (χ1n) is 16.9. The summed E-state index contributed by atoms with van der Waals surface area (Å²) < 4.78 is 35.9. The van der Waals surface area contributed by atoms with E-state index in [1.54, 1.807) is 18.2 Å². The van der Waals surface area contributed by atoms with E-state index in [-0.39, 0.29) is 40.3 Å². The molecule has 5 atom stereocenters. The summed E-state index contributed by atoms with van der Waals surface area (Å²) in [4.78, 5) is 14.6. The summed E-state index contributed by atoms with van der Waals surface area (Å²) in [6, 6.07) is 11.8. The van der Waals surface area contributed by atoms with Gasteiger partial charge in [-0.25, -0.2) is 4.39 Å². The number of halogens is 1. The number of hydrogen-bond acceptors (Lipinski definition) is 9. The molecule has 4 saturated heterocycles. The number of phenols is 1. The molecule has 5 aliphatic heterocycles. The minimum absolute atomic E-state index is 0.0205. The normalized spacial score (nSPS) is 28.3. The van der Waals surface area contributed by atoms with Crippen LogP contribution in [0.1, 0.15) is 37.7 Å². The quantitative estimate of drug-likeness (QED) is 0.296. The Bertz CT molecular complexity index is 2010. The summed E-state index contributed by atoms with van der Waals surface area (Å²) in [5.41, 5.74) is 1.56. The highest BCUT2D eigenvalue weighted by Crippen LogP contribution is 2.49. The number of terminal acetylenes is 1. The highest BCUT2D eigenvalue weighted by atomic mass is 19.1. The molecule has 0 amide bonds. The maximum absolute atomic E-state index is 17.1. The Balaban J connectivity index is 1.10. The number of benzene rings is 3. The van der Waals surface area contributed by atoms with Crippen LogP contribution in [0.5, 0.6) is 17.5 Å². The third-order valence-corrected chi connectivity index (χ3v) is 11.5. The van der Waals surface area contributed by atoms with E-state index in [0.717, 1.165) is 63.7 Å². The van der Waals surface area contributed by atoms with Crippen LogP contribution in [0, 0.1) is 23.6 Å². The molecule has 47 heavy (non-hydrogen) atoms. The van der Waals surface area contributed by atoms with E-state index in [0.29, 0.717) is 64.9 Å². The van der Waals surface area contributed by atoms with E-state index in [2.05, 4.69) is 21.0 Å². The molecule has 240 valence electrons. The second kappa shape index (κ2) is 10.2. The van der Waals surface area contributed by atoms with Gasteiger partial charge in [-0.15, -0.1) is 6.42 Å². The Hall–Kier alpha value is -4.17. The maximum atomic E-state index is 17.1. The maximum Gasteiger partial charge on any atom is 0.319 e. The number of aromatic nitrogens is 2. The molecule has 10 rings (SSSR count). The smallest absolute Gasteiger partial charge is 0.319 e. The van der Waals surface area contributed by atoms with Gasteiger partial charge in [0.2, 0.25) is 0 Å². The van der Waals surface area contributed by atoms with Crippen LogP contribution in [-0.2, 0) is 4.74 Å². The van der Waals surface area contributed by atoms with E-state index < -0.39 is 5.82 Å². The van der Waals surface area contributed by atoms with Crippen molar-refractivity contribution >= 4 is 27.5 Å². The van der Waals surface area contributed by atoms with Crippen molar-refractivity contribution in [2.45, 2.75) is 62.4 Å². The molecule has 1 aromatic heterocycles. The van der Waals surface area contributed by atoms with Gasteiger partial charge in [0.05, 0.1) is 30.7 Å². The van der Waals surface area contributed by atoms with Gasteiger partial charge in [-0.1, -0.05) is 18.1 Å². The molecule has 9 nitrogen and oxygen atoms in total. The summed E-state index contributed by atoms with van der Waals surface area (Å²) in [5, 5.41) is 16.4. The lowest BCUT2D eigenvalue weighted by Gasteiger charge is -2.40. The van der Waals surface area contributed by atoms with Crippen molar-refractivity contribution in [1.29, 1.82) is 0 Å². The molecular weight excluding hydrogens is 597 g/mol. The number of hydrogen-bond donors (Lipinski definition) is 2. The van der Waals surface area contributed by atoms with Gasteiger partial charge in [-0.2, -0.15) is 9.97 Å². The molecule has 4 aromatic rings. The van der Waals surface area contributed by atoms with Gasteiger partial charge in [-0.05, 0) is 67.3 Å². The van der Waals surface area contributed by atoms with Gasteiger partial charge in [0, 0.05) is 59.7 Å². The van der Waals surface area contributed by atoms with Gasteiger partial charge in [0.15, 0.2) is 5.82 Å². The predicted octanol–water partition coefficient (Wildman–Crippen LogP) is 4.61. The lowest BCUT2D eigenvalue weighted by Crippen LogP contribution is -2.60. The topological polar surface area (TPSA) is 92.2 Å². The Labute approximate surface area is 272 Å². The van der Waals surface area contributed by atoms with Crippen molar-refractivity contribution in [1.82, 2.24) is 20.2 Å². The Morgan fingerprint density at radius 1 is 1.11 bits per heavy atom. The van der Waals surface area contributed by atoms with E-state index >= 15 is 4.39 Å². The number of fused-ring (bicyclic) bond motifs is 8. The van der Waals surface area contributed by atoms with Crippen molar-refractivity contribution in [3.63, 3.8) is 0 Å². The minimum Gasteiger partial charge on any atom is -0.508 e. The fourth-order valence-electron chi connectivity index (χ4n) is 8.89. The highest BCUT2D eigenvalue weighted by molar-refractivity contribution is 6.05. The lowest BCUT2D eigenvalue weighted by molar-refractivity contribution is 0.0176. The fourth-order valence-corrected chi connectivity index (χ4v) is 8.89. The summed E-state index contributed by atoms with van der Waals surface area (Å²) in [7, 11) is 0. The van der Waals surface area contributed by atoms with Crippen LogP contribution in [0.2, 0.25) is 0 Å². The second-order valence-corrected chi connectivity index (χ2v) is 14.5. The number of anilines is 1. The minimum atomic E-state index is -0.523. The standard InChI is InChI=1S/C37H36FN5O4/c1-2-20-4-3-5-21-10-24(44)12-26(31(20)21)27-13-30-32-34(33(27)38)40-36(41-35(32)43-14-22-6-7-28(39-22)29(43)17-46-30)47-19-37(8-9-37)18-42-15-25-11-23(42)16-45-25/h1,3-5,10,12-13,22-23,25,28-29,39,44H,6-9,11,14-19H2/t22-,23-,25-,28+,29-/m1/s1. The van der Waals surface area contributed by atoms with Gasteiger partial charge >= 0.3 is 6.01 Å². The zero-order valence-electron chi connectivity index (χ0n) is 26.0. The van der Waals surface area contributed by atoms with Crippen molar-refractivity contribution in [2.75, 3.05) is 44.4 Å². The Morgan fingerprint density at radius 2 is 2.02 bits per heavy atom. The van der Waals surface area contributed by atoms with Crippen molar-refractivity contribution < 1.29 is 23.7 Å². The Kier molecular flexibility index (Phi) is 6.03. The molecule has 0 radical (unpaired) electrons. The van der Waals surface area contributed by atoms with E-state index in [1.807, 2.05) is 18.2 Å². The number of nitrogens with one attached hydrogen (secondary N) is 1. The number of nitrogens with zero attached hydrogens (tertiary/aromatic N) is 4. The number of rotatable bonds is 6. The molecule has 6 heterocycles. The number of aromatic hydroxyl groups is 1. The summed E-state index contributed by atoms with van der Waals surface area (Å²) in [6.07, 6.45) is 11.7. The van der Waals surface area contributed by atoms with Crippen LogP contribution in [0.4, 0.5) is 10.2 Å². The molecule has 1 saturated carbocycles. The zero-order chi connectivity index (χ0) is 31.4. The number of ether oxygens (including phenoxy) is 3. The van der Waals surface area contributed by atoms with Crippen LogP contribution in [-0.4, -0.2) is 89.7 Å². The fraction of sp³-hybridized carbons (Fsp3) is 0.459. The Morgan fingerprint density at radius 3 is 2.83 bits per heavy atom. The van der Waals surface area contributed by atoms with Gasteiger partial charge < -0.3 is 29.5 Å². The van der Waals surface area contributed by atoms with E-state index in [9.17, 15) is 5.11 Å². The highest BCUT2D eigenvalue weighted by Gasteiger charge is 2.50. The van der Waals surface area contributed by atoms with Gasteiger partial charge in [-0.3, -0.25) is 4.90 Å². The summed E-state index contributed by atoms with van der Waals surface area (Å²) >= 11 is 0. The van der Waals surface area contributed by atoms with Crippen molar-refractivity contribution in [3.05, 3.63) is 47.8 Å². The molecule has 2 N–H and O–H groups in total. The van der Waals surface area contributed by atoms with Crippen LogP contribution >= 0.6 is 0 Å². The SMILES string of the molecule is C#Cc1cccc2cc(O)cc(-c3cc4c5c(nc(OCC6(CN7C[C@H]8C[C@@H]7CO8)CC6)nc5c3F)N3C[C@H]5CC[C@H](N5)[C@H]3CO4)c12. The molecule has 3 aromatic carbocycles. The first-order valence-corrected chi connectivity index (χ1v) is 16.9. The average Bonchev–Trinajstić information content (AvgIpc) is 3.34. The molecule has 1 aliphatic carbocycles. The van der Waals surface area contributed by atoms with Crippen LogP contribution in [0.15, 0.2) is 36.4 Å². The number of likely N-dealkylation sites (tertiary alicyclic amines) is 1. The molecule has 0 spiro atoms. The molecule has 0 unspecified atom stereocenters. The van der Waals surface area contributed by atoms with Crippen LogP contribution < -0.4 is 19.7 Å². The van der Waals surface area contributed by atoms with Crippen molar-refractivity contribution in [3.8, 4) is 41.0 Å². The first-order chi connectivity index (χ1) is 22.9. The largest absolute Gasteiger partial charge is 0.508 e. The van der Waals surface area contributed by atoms with Crippen molar-refractivity contribution in [2.24, 2.45) is 5.41 Å². The lowest BCUT2D eigenvalue weighted by atomic mass is 9.93. The molecule has 5 fully saturated rings. The van der Waals surface area contributed by atoms with Gasteiger partial charge in [0.1, 0.15) is 29.4 Å². The summed E-state index contributed by atoms with van der Waals surface area (Å²) in [5.74, 6) is 3.42. The third kappa shape index (κ3) is 4.40. The predicted molar refractivity (Wildman–Crippen MR) is 175 cm³/mol. The van der Waals surface area contributed by atoms with E-state index in [4.69, 9.17) is 30.6 Å². The summed E-state index contributed by atoms with van der Waals surface area (Å²) in [6.45, 7) is 4.44. The van der Waals surface area contributed by atoms with Gasteiger partial charge in [0.25, 0.3) is 0 Å². The first kappa shape index (κ1) is 27.9. The molecular formula is C37H36FN5O4. The van der Waals surface area contributed by atoms with Crippen LogP contribution in [0.3, 0.4) is 0 Å². The zero-order valence-corrected chi connectivity index (χ0v) is 26.0. The number of phenolic OH excluding ortho intramolecular Hbond substituents is 1.